The maximum absolute atomic E-state index is 5.80. The Kier molecular flexibility index (Phi) is 7.54. The molecule has 2 N–H and O–H groups in total. The molecule has 0 radical (unpaired) electrons. The highest BCUT2D eigenvalue weighted by Gasteiger charge is 2.18. The van der Waals surface area contributed by atoms with Gasteiger partial charge in [0.25, 0.3) is 0 Å². The van der Waals surface area contributed by atoms with Crippen molar-refractivity contribution in [3.05, 3.63) is 24.3 Å². The van der Waals surface area contributed by atoms with Crippen molar-refractivity contribution in [3.63, 3.8) is 0 Å². The van der Waals surface area contributed by atoms with Crippen molar-refractivity contribution in [2.75, 3.05) is 53.0 Å². The highest BCUT2D eigenvalue weighted by atomic mass is 16.5. The molecule has 124 valence electrons. The van der Waals surface area contributed by atoms with Crippen LogP contribution in [-0.4, -0.2) is 53.0 Å². The van der Waals surface area contributed by atoms with Crippen LogP contribution in [0.5, 0.6) is 11.5 Å². The molecular weight excluding hydrogens is 276 g/mol. The first-order valence-electron chi connectivity index (χ1n) is 8.78. The topological polar surface area (TPSA) is 27.3 Å². The van der Waals surface area contributed by atoms with Crippen molar-refractivity contribution in [1.82, 2.24) is 0 Å². The van der Waals surface area contributed by atoms with Gasteiger partial charge in [-0.2, -0.15) is 0 Å². The zero-order valence-corrected chi connectivity index (χ0v) is 14.2. The molecule has 1 aliphatic rings. The van der Waals surface area contributed by atoms with Crippen molar-refractivity contribution in [3.8, 4) is 11.5 Å². The lowest BCUT2D eigenvalue weighted by Crippen LogP contribution is -3.27. The van der Waals surface area contributed by atoms with E-state index in [0.717, 1.165) is 37.6 Å². The number of quaternary nitrogens is 2. The monoisotopic (exact) mass is 308 g/mol. The fourth-order valence-corrected chi connectivity index (χ4v) is 2.80. The normalized spacial score (nSPS) is 21.5. The minimum absolute atomic E-state index is 0.774. The van der Waals surface area contributed by atoms with Gasteiger partial charge >= 0.3 is 0 Å². The molecule has 0 unspecified atom stereocenters. The van der Waals surface area contributed by atoms with Gasteiger partial charge in [0.2, 0.25) is 0 Å². The summed E-state index contributed by atoms with van der Waals surface area (Å²) in [7, 11) is 2.29. The van der Waals surface area contributed by atoms with E-state index in [2.05, 4.69) is 14.0 Å². The van der Waals surface area contributed by atoms with E-state index in [-0.39, 0.29) is 0 Å². The molecule has 1 saturated heterocycles. The molecule has 4 nitrogen and oxygen atoms in total. The van der Waals surface area contributed by atoms with E-state index in [4.69, 9.17) is 9.47 Å². The maximum atomic E-state index is 5.80. The lowest BCUT2D eigenvalue weighted by Gasteiger charge is -2.27. The second-order valence-electron chi connectivity index (χ2n) is 6.33. The van der Waals surface area contributed by atoms with Gasteiger partial charge in [0.05, 0.1) is 26.8 Å². The Morgan fingerprint density at radius 1 is 0.864 bits per heavy atom. The Balaban J connectivity index is 1.54. The second-order valence-corrected chi connectivity index (χ2v) is 6.33. The molecule has 1 heterocycles. The number of benzene rings is 1. The van der Waals surface area contributed by atoms with Crippen LogP contribution in [0.3, 0.4) is 0 Å². The molecule has 1 fully saturated rings. The van der Waals surface area contributed by atoms with E-state index in [1.54, 1.807) is 9.80 Å². The molecule has 22 heavy (non-hydrogen) atoms. The highest BCUT2D eigenvalue weighted by Crippen LogP contribution is 2.17. The molecule has 0 saturated carbocycles. The SMILES string of the molecule is CCCOc1ccc(OCCCC[NH+]2CC[NH+](C)CC2)cc1. The lowest BCUT2D eigenvalue weighted by molar-refractivity contribution is -1.00. The molecule has 1 aliphatic heterocycles. The van der Waals surface area contributed by atoms with E-state index in [9.17, 15) is 0 Å². The Morgan fingerprint density at radius 3 is 2.05 bits per heavy atom. The average Bonchev–Trinajstić information content (AvgIpc) is 2.55. The van der Waals surface area contributed by atoms with E-state index in [1.165, 1.54) is 39.1 Å². The number of likely N-dealkylation sites (N-methyl/N-ethyl adjacent to an activating group) is 1. The minimum atomic E-state index is 0.774. The number of unbranched alkanes of at least 4 members (excludes halogenated alkanes) is 1. The molecule has 0 aromatic heterocycles. The van der Waals surface area contributed by atoms with E-state index >= 15 is 0 Å². The smallest absolute Gasteiger partial charge is 0.127 e. The zero-order chi connectivity index (χ0) is 15.6. The summed E-state index contributed by atoms with van der Waals surface area (Å²) in [5.41, 5.74) is 0. The predicted octanol–water partition coefficient (Wildman–Crippen LogP) is 0.0476. The van der Waals surface area contributed by atoms with E-state index in [0.29, 0.717) is 0 Å². The summed E-state index contributed by atoms with van der Waals surface area (Å²) in [6, 6.07) is 7.97. The van der Waals surface area contributed by atoms with Crippen LogP contribution in [0.2, 0.25) is 0 Å². The fraction of sp³-hybridized carbons (Fsp3) is 0.667. The molecule has 0 amide bonds. The van der Waals surface area contributed by atoms with Crippen LogP contribution in [-0.2, 0) is 0 Å². The van der Waals surface area contributed by atoms with E-state index in [1.807, 2.05) is 24.3 Å². The summed E-state index contributed by atoms with van der Waals surface area (Å²) in [5, 5.41) is 0. The van der Waals surface area contributed by atoms with Crippen molar-refractivity contribution in [1.29, 1.82) is 0 Å². The third-order valence-electron chi connectivity index (χ3n) is 4.30. The summed E-state index contributed by atoms with van der Waals surface area (Å²) < 4.78 is 11.4. The first-order valence-corrected chi connectivity index (χ1v) is 8.78. The number of hydrogen-bond donors (Lipinski definition) is 2. The Bertz CT molecular complexity index is 400. The number of rotatable bonds is 9. The Morgan fingerprint density at radius 2 is 1.45 bits per heavy atom. The van der Waals surface area contributed by atoms with Gasteiger partial charge in [0.1, 0.15) is 37.7 Å². The standard InChI is InChI=1S/C18H30N2O2/c1-3-15-21-17-6-8-18(9-7-17)22-16-5-4-10-20-13-11-19(2)12-14-20/h6-9H,3-5,10-16H2,1-2H3/p+2. The van der Waals surface area contributed by atoms with Gasteiger partial charge < -0.3 is 19.3 Å². The summed E-state index contributed by atoms with van der Waals surface area (Å²) in [4.78, 5) is 3.45. The largest absolute Gasteiger partial charge is 0.494 e. The summed E-state index contributed by atoms with van der Waals surface area (Å²) in [6.45, 7) is 10.3. The molecule has 0 spiro atoms. The molecule has 1 aromatic carbocycles. The van der Waals surface area contributed by atoms with Crippen LogP contribution in [0.4, 0.5) is 0 Å². The molecule has 4 heteroatoms. The van der Waals surface area contributed by atoms with Crippen LogP contribution in [0.25, 0.3) is 0 Å². The highest BCUT2D eigenvalue weighted by molar-refractivity contribution is 5.31. The maximum Gasteiger partial charge on any atom is 0.127 e. The summed E-state index contributed by atoms with van der Waals surface area (Å²) >= 11 is 0. The molecule has 1 aromatic rings. The van der Waals surface area contributed by atoms with Crippen molar-refractivity contribution < 1.29 is 19.3 Å². The fourth-order valence-electron chi connectivity index (χ4n) is 2.80. The van der Waals surface area contributed by atoms with Crippen LogP contribution in [0.1, 0.15) is 26.2 Å². The lowest BCUT2D eigenvalue weighted by atomic mass is 10.2. The number of ether oxygens (including phenoxy) is 2. The Hall–Kier alpha value is -1.26. The minimum Gasteiger partial charge on any atom is -0.494 e. The summed E-state index contributed by atoms with van der Waals surface area (Å²) in [5.74, 6) is 1.87. The third kappa shape index (κ3) is 6.24. The summed E-state index contributed by atoms with van der Waals surface area (Å²) in [6.07, 6.45) is 3.43. The van der Waals surface area contributed by atoms with Gasteiger partial charge in [-0.3, -0.25) is 0 Å². The number of piperazine rings is 1. The van der Waals surface area contributed by atoms with E-state index < -0.39 is 0 Å². The van der Waals surface area contributed by atoms with Gasteiger partial charge in [-0.05, 0) is 43.5 Å². The molecule has 2 rings (SSSR count). The van der Waals surface area contributed by atoms with Gasteiger partial charge in [-0.25, -0.2) is 0 Å². The van der Waals surface area contributed by atoms with Gasteiger partial charge in [-0.15, -0.1) is 0 Å². The number of hydrogen-bond acceptors (Lipinski definition) is 2. The number of nitrogens with one attached hydrogen (secondary N) is 2. The third-order valence-corrected chi connectivity index (χ3v) is 4.30. The average molecular weight is 308 g/mol. The molecular formula is C18H32N2O2+2. The van der Waals surface area contributed by atoms with Crippen LogP contribution in [0.15, 0.2) is 24.3 Å². The van der Waals surface area contributed by atoms with Crippen molar-refractivity contribution >= 4 is 0 Å². The molecule has 0 atom stereocenters. The van der Waals surface area contributed by atoms with Gasteiger partial charge in [-0.1, -0.05) is 6.92 Å². The van der Waals surface area contributed by atoms with Crippen LogP contribution >= 0.6 is 0 Å². The second kappa shape index (κ2) is 9.70. The molecule has 0 aliphatic carbocycles. The quantitative estimate of drug-likeness (QED) is 0.631. The first kappa shape index (κ1) is 17.1. The van der Waals surface area contributed by atoms with Gasteiger partial charge in [0, 0.05) is 0 Å². The van der Waals surface area contributed by atoms with Crippen molar-refractivity contribution in [2.45, 2.75) is 26.2 Å². The van der Waals surface area contributed by atoms with Crippen LogP contribution < -0.4 is 19.3 Å². The van der Waals surface area contributed by atoms with Crippen molar-refractivity contribution in [2.24, 2.45) is 0 Å². The van der Waals surface area contributed by atoms with Crippen LogP contribution in [0, 0.1) is 0 Å². The molecule has 0 bridgehead atoms. The Labute approximate surface area is 135 Å². The first-order chi connectivity index (χ1) is 10.8. The zero-order valence-electron chi connectivity index (χ0n) is 14.2. The predicted molar refractivity (Wildman–Crippen MR) is 89.1 cm³/mol. The van der Waals surface area contributed by atoms with Gasteiger partial charge in [0.15, 0.2) is 0 Å².